The van der Waals surface area contributed by atoms with Crippen LogP contribution in [-0.2, 0) is 9.53 Å². The number of rotatable bonds is 5. The van der Waals surface area contributed by atoms with E-state index in [1.54, 1.807) is 35.7 Å². The molecule has 1 N–H and O–H groups in total. The van der Waals surface area contributed by atoms with Gasteiger partial charge >= 0.3 is 5.97 Å². The lowest BCUT2D eigenvalue weighted by atomic mass is 10.1. The van der Waals surface area contributed by atoms with Gasteiger partial charge in [0.05, 0.1) is 16.7 Å². The first-order valence-corrected chi connectivity index (χ1v) is 8.17. The first-order chi connectivity index (χ1) is 11.6. The fraction of sp³-hybridized carbons (Fsp3) is 0.176. The highest BCUT2D eigenvalue weighted by atomic mass is 35.5. The van der Waals surface area contributed by atoms with Crippen molar-refractivity contribution in [3.8, 4) is 11.3 Å². The number of hydrogen-bond donors (Lipinski definition) is 1. The molecule has 124 valence electrons. The van der Waals surface area contributed by atoms with Gasteiger partial charge in [-0.2, -0.15) is 0 Å². The summed E-state index contributed by atoms with van der Waals surface area (Å²) < 4.78 is 6.75. The maximum Gasteiger partial charge on any atom is 0.325 e. The topological polar surface area (TPSA) is 55.6 Å². The molecule has 0 fully saturated rings. The number of benzene rings is 1. The molecular weight excluding hydrogens is 349 g/mol. The van der Waals surface area contributed by atoms with Gasteiger partial charge in [0, 0.05) is 11.8 Å². The van der Waals surface area contributed by atoms with Crippen LogP contribution >= 0.6 is 23.2 Å². The number of esters is 1. The average Bonchev–Trinajstić information content (AvgIpc) is 2.91. The van der Waals surface area contributed by atoms with Crippen molar-refractivity contribution in [2.45, 2.75) is 6.92 Å². The van der Waals surface area contributed by atoms with Gasteiger partial charge in [0.2, 0.25) is 0 Å². The number of halogens is 2. The van der Waals surface area contributed by atoms with E-state index in [2.05, 4.69) is 10.3 Å². The second-order valence-electron chi connectivity index (χ2n) is 5.02. The third-order valence-corrected chi connectivity index (χ3v) is 3.97. The summed E-state index contributed by atoms with van der Waals surface area (Å²) in [5.41, 5.74) is 2.11. The van der Waals surface area contributed by atoms with E-state index < -0.39 is 0 Å². The molecule has 5 nitrogen and oxygen atoms in total. The number of ether oxygens (including phenoxy) is 1. The van der Waals surface area contributed by atoms with Gasteiger partial charge in [-0.1, -0.05) is 41.4 Å². The molecule has 0 aliphatic rings. The highest BCUT2D eigenvalue weighted by molar-refractivity contribution is 6.33. The smallest absolute Gasteiger partial charge is 0.325 e. The van der Waals surface area contributed by atoms with Crippen molar-refractivity contribution in [2.75, 3.05) is 18.5 Å². The molecule has 1 aromatic carbocycles. The predicted octanol–water partition coefficient (Wildman–Crippen LogP) is 4.28. The summed E-state index contributed by atoms with van der Waals surface area (Å²) >= 11 is 12.4. The Morgan fingerprint density at radius 2 is 2.04 bits per heavy atom. The van der Waals surface area contributed by atoms with Gasteiger partial charge in [0.1, 0.15) is 23.7 Å². The van der Waals surface area contributed by atoms with Crippen LogP contribution in [0.15, 0.2) is 42.6 Å². The van der Waals surface area contributed by atoms with Crippen LogP contribution in [0.4, 0.5) is 5.82 Å². The molecule has 2 aromatic heterocycles. The molecule has 0 aliphatic heterocycles. The second-order valence-corrected chi connectivity index (χ2v) is 5.87. The molecule has 0 bridgehead atoms. The largest absolute Gasteiger partial charge is 0.465 e. The van der Waals surface area contributed by atoms with E-state index in [0.717, 1.165) is 5.56 Å². The molecule has 3 rings (SSSR count). The monoisotopic (exact) mass is 363 g/mol. The lowest BCUT2D eigenvalue weighted by Crippen LogP contribution is -2.17. The SMILES string of the molecule is CCOC(=O)CNc1c(-c2ccccc2Cl)nc2ccc(Cl)cn12. The van der Waals surface area contributed by atoms with Crippen LogP contribution < -0.4 is 5.32 Å². The van der Waals surface area contributed by atoms with E-state index in [1.807, 2.05) is 18.2 Å². The summed E-state index contributed by atoms with van der Waals surface area (Å²) in [7, 11) is 0. The van der Waals surface area contributed by atoms with E-state index in [-0.39, 0.29) is 12.5 Å². The quantitative estimate of drug-likeness (QED) is 0.687. The molecule has 2 heterocycles. The zero-order valence-electron chi connectivity index (χ0n) is 12.9. The molecule has 0 saturated heterocycles. The van der Waals surface area contributed by atoms with Gasteiger partial charge in [0.15, 0.2) is 0 Å². The minimum absolute atomic E-state index is 0.0194. The lowest BCUT2D eigenvalue weighted by molar-refractivity contribution is -0.140. The van der Waals surface area contributed by atoms with E-state index in [4.69, 9.17) is 27.9 Å². The number of nitrogens with one attached hydrogen (secondary N) is 1. The molecule has 24 heavy (non-hydrogen) atoms. The van der Waals surface area contributed by atoms with Crippen molar-refractivity contribution in [1.29, 1.82) is 0 Å². The molecule has 3 aromatic rings. The lowest BCUT2D eigenvalue weighted by Gasteiger charge is -2.09. The molecule has 0 atom stereocenters. The minimum atomic E-state index is -0.348. The summed E-state index contributed by atoms with van der Waals surface area (Å²) in [5.74, 6) is 0.285. The molecular formula is C17H15Cl2N3O2. The Labute approximate surface area is 149 Å². The first kappa shape index (κ1) is 16.6. The number of anilines is 1. The molecule has 0 spiro atoms. The van der Waals surface area contributed by atoms with Crippen molar-refractivity contribution in [1.82, 2.24) is 9.38 Å². The summed E-state index contributed by atoms with van der Waals surface area (Å²) in [6.07, 6.45) is 1.73. The fourth-order valence-electron chi connectivity index (χ4n) is 2.40. The zero-order chi connectivity index (χ0) is 17.1. The first-order valence-electron chi connectivity index (χ1n) is 7.42. The number of carbonyl (C=O) groups is 1. The summed E-state index contributed by atoms with van der Waals surface area (Å²) in [4.78, 5) is 16.3. The van der Waals surface area contributed by atoms with Crippen molar-refractivity contribution in [2.24, 2.45) is 0 Å². The van der Waals surface area contributed by atoms with E-state index in [0.29, 0.717) is 33.8 Å². The number of imidazole rings is 1. The third kappa shape index (κ3) is 3.32. The van der Waals surface area contributed by atoms with Gasteiger partial charge in [-0.25, -0.2) is 4.98 Å². The number of fused-ring (bicyclic) bond motifs is 1. The highest BCUT2D eigenvalue weighted by Gasteiger charge is 2.17. The van der Waals surface area contributed by atoms with Crippen molar-refractivity contribution < 1.29 is 9.53 Å². The third-order valence-electron chi connectivity index (χ3n) is 3.42. The molecule has 7 heteroatoms. The molecule has 0 amide bonds. The Kier molecular flexibility index (Phi) is 4.92. The number of aromatic nitrogens is 2. The standard InChI is InChI=1S/C17H15Cl2N3O2/c1-2-24-15(23)9-20-17-16(12-5-3-4-6-13(12)19)21-14-8-7-11(18)10-22(14)17/h3-8,10,20H,2,9H2,1H3. The van der Waals surface area contributed by atoms with E-state index >= 15 is 0 Å². The van der Waals surface area contributed by atoms with Gasteiger partial charge < -0.3 is 10.1 Å². The van der Waals surface area contributed by atoms with Crippen LogP contribution in [0, 0.1) is 0 Å². The fourth-order valence-corrected chi connectivity index (χ4v) is 2.78. The summed E-state index contributed by atoms with van der Waals surface area (Å²) in [6.45, 7) is 2.11. The van der Waals surface area contributed by atoms with Gasteiger partial charge in [-0.05, 0) is 25.1 Å². The normalized spacial score (nSPS) is 10.8. The van der Waals surface area contributed by atoms with Crippen LogP contribution in [0.25, 0.3) is 16.9 Å². The molecule has 0 aliphatic carbocycles. The van der Waals surface area contributed by atoms with Crippen LogP contribution in [0.3, 0.4) is 0 Å². The van der Waals surface area contributed by atoms with Crippen molar-refractivity contribution in [3.63, 3.8) is 0 Å². The second kappa shape index (κ2) is 7.11. The van der Waals surface area contributed by atoms with Gasteiger partial charge in [-0.3, -0.25) is 9.20 Å². The Morgan fingerprint density at radius 3 is 2.79 bits per heavy atom. The van der Waals surface area contributed by atoms with Crippen molar-refractivity contribution >= 4 is 40.6 Å². The predicted molar refractivity (Wildman–Crippen MR) is 95.8 cm³/mol. The Hall–Kier alpha value is -2.24. The molecule has 0 unspecified atom stereocenters. The molecule has 0 saturated carbocycles. The Balaban J connectivity index is 2.09. The van der Waals surface area contributed by atoms with Gasteiger partial charge in [-0.15, -0.1) is 0 Å². The summed E-state index contributed by atoms with van der Waals surface area (Å²) in [5, 5.41) is 4.22. The number of carbonyl (C=O) groups excluding carboxylic acids is 1. The zero-order valence-corrected chi connectivity index (χ0v) is 14.4. The van der Waals surface area contributed by atoms with Crippen molar-refractivity contribution in [3.05, 3.63) is 52.6 Å². The van der Waals surface area contributed by atoms with Gasteiger partial charge in [0.25, 0.3) is 0 Å². The maximum atomic E-state index is 11.7. The number of hydrogen-bond acceptors (Lipinski definition) is 4. The number of pyridine rings is 1. The van der Waals surface area contributed by atoms with Crippen LogP contribution in [0.1, 0.15) is 6.92 Å². The van der Waals surface area contributed by atoms with E-state index in [9.17, 15) is 4.79 Å². The summed E-state index contributed by atoms with van der Waals surface area (Å²) in [6, 6.07) is 11.0. The molecule has 0 radical (unpaired) electrons. The average molecular weight is 364 g/mol. The van der Waals surface area contributed by atoms with E-state index in [1.165, 1.54) is 0 Å². The van der Waals surface area contributed by atoms with Crippen LogP contribution in [0.5, 0.6) is 0 Å². The van der Waals surface area contributed by atoms with Crippen LogP contribution in [-0.4, -0.2) is 28.5 Å². The minimum Gasteiger partial charge on any atom is -0.465 e. The Morgan fingerprint density at radius 1 is 1.25 bits per heavy atom. The maximum absolute atomic E-state index is 11.7. The van der Waals surface area contributed by atoms with Crippen LogP contribution in [0.2, 0.25) is 10.0 Å². The Bertz CT molecular complexity index is 893. The highest BCUT2D eigenvalue weighted by Crippen LogP contribution is 2.34. The number of nitrogens with zero attached hydrogens (tertiary/aromatic N) is 2.